The molecule has 1 aromatic heterocycles. The summed E-state index contributed by atoms with van der Waals surface area (Å²) in [6.07, 6.45) is 8.75. The Morgan fingerprint density at radius 2 is 2.09 bits per heavy atom. The number of aromatic nitrogens is 1. The lowest BCUT2D eigenvalue weighted by atomic mass is 9.96. The molecule has 0 atom stereocenters. The molecule has 1 aromatic carbocycles. The Hall–Kier alpha value is -1.68. The summed E-state index contributed by atoms with van der Waals surface area (Å²) in [5.41, 5.74) is 2.23. The number of rotatable bonds is 4. The Morgan fingerprint density at radius 3 is 2.91 bits per heavy atom. The summed E-state index contributed by atoms with van der Waals surface area (Å²) in [5.74, 6) is 0. The fraction of sp³-hybridized carbons (Fsp3) is 0.471. The first kappa shape index (κ1) is 15.2. The smallest absolute Gasteiger partial charge is 0.315 e. The second-order valence-electron chi connectivity index (χ2n) is 5.99. The number of aromatic amines is 1. The van der Waals surface area contributed by atoms with E-state index >= 15 is 0 Å². The van der Waals surface area contributed by atoms with Crippen LogP contribution < -0.4 is 10.6 Å². The maximum atomic E-state index is 11.9. The highest BCUT2D eigenvalue weighted by atomic mass is 35.5. The van der Waals surface area contributed by atoms with Gasteiger partial charge < -0.3 is 15.6 Å². The number of amides is 2. The number of benzene rings is 1. The minimum Gasteiger partial charge on any atom is -0.361 e. The van der Waals surface area contributed by atoms with Crippen molar-refractivity contribution in [3.63, 3.8) is 0 Å². The fourth-order valence-corrected chi connectivity index (χ4v) is 3.33. The van der Waals surface area contributed by atoms with Crippen molar-refractivity contribution in [2.45, 2.75) is 44.6 Å². The van der Waals surface area contributed by atoms with Gasteiger partial charge in [0.25, 0.3) is 0 Å². The van der Waals surface area contributed by atoms with E-state index in [4.69, 9.17) is 11.6 Å². The Labute approximate surface area is 135 Å². The van der Waals surface area contributed by atoms with Crippen molar-refractivity contribution in [2.75, 3.05) is 6.54 Å². The lowest BCUT2D eigenvalue weighted by Gasteiger charge is -2.22. The average Bonchev–Trinajstić information content (AvgIpc) is 2.90. The average molecular weight is 320 g/mol. The zero-order valence-electron chi connectivity index (χ0n) is 12.6. The lowest BCUT2D eigenvalue weighted by molar-refractivity contribution is 0.233. The third-order valence-electron chi connectivity index (χ3n) is 4.35. The van der Waals surface area contributed by atoms with Gasteiger partial charge in [-0.15, -0.1) is 0 Å². The van der Waals surface area contributed by atoms with E-state index in [1.807, 2.05) is 24.4 Å². The molecule has 0 radical (unpaired) electrons. The van der Waals surface area contributed by atoms with Crippen molar-refractivity contribution >= 4 is 28.5 Å². The van der Waals surface area contributed by atoms with E-state index < -0.39 is 0 Å². The second-order valence-corrected chi connectivity index (χ2v) is 6.43. The standard InChI is InChI=1S/C17H22ClN3O/c18-13-6-7-15-12(11-20-16(15)10-13)8-9-19-17(22)21-14-4-2-1-3-5-14/h6-7,10-11,14,20H,1-5,8-9H2,(H2,19,21,22). The van der Waals surface area contributed by atoms with Gasteiger partial charge in [-0.2, -0.15) is 0 Å². The minimum atomic E-state index is -0.0465. The number of urea groups is 1. The van der Waals surface area contributed by atoms with Gasteiger partial charge in [-0.05, 0) is 37.0 Å². The lowest BCUT2D eigenvalue weighted by Crippen LogP contribution is -2.43. The Morgan fingerprint density at radius 1 is 1.27 bits per heavy atom. The SMILES string of the molecule is O=C(NCCc1c[nH]c2cc(Cl)ccc12)NC1CCCCC1. The molecule has 2 aromatic rings. The quantitative estimate of drug-likeness (QED) is 0.784. The highest BCUT2D eigenvalue weighted by molar-refractivity contribution is 6.31. The Balaban J connectivity index is 1.48. The third-order valence-corrected chi connectivity index (χ3v) is 4.58. The van der Waals surface area contributed by atoms with E-state index in [0.717, 1.165) is 29.8 Å². The van der Waals surface area contributed by atoms with Crippen molar-refractivity contribution in [2.24, 2.45) is 0 Å². The van der Waals surface area contributed by atoms with Crippen LogP contribution in [0.25, 0.3) is 10.9 Å². The molecule has 1 aliphatic carbocycles. The number of halogens is 1. The number of hydrogen-bond acceptors (Lipinski definition) is 1. The van der Waals surface area contributed by atoms with Gasteiger partial charge in [-0.1, -0.05) is 36.9 Å². The van der Waals surface area contributed by atoms with Gasteiger partial charge in [0.05, 0.1) is 0 Å². The van der Waals surface area contributed by atoms with E-state index in [9.17, 15) is 4.79 Å². The largest absolute Gasteiger partial charge is 0.361 e. The monoisotopic (exact) mass is 319 g/mol. The fourth-order valence-electron chi connectivity index (χ4n) is 3.16. The summed E-state index contributed by atoms with van der Waals surface area (Å²) < 4.78 is 0. The Bertz CT molecular complexity index is 646. The van der Waals surface area contributed by atoms with Crippen LogP contribution in [0.4, 0.5) is 4.79 Å². The molecule has 1 saturated carbocycles. The maximum Gasteiger partial charge on any atom is 0.315 e. The van der Waals surface area contributed by atoms with E-state index in [2.05, 4.69) is 15.6 Å². The number of H-pyrrole nitrogens is 1. The summed E-state index contributed by atoms with van der Waals surface area (Å²) in [6, 6.07) is 6.14. The molecular weight excluding hydrogens is 298 g/mol. The summed E-state index contributed by atoms with van der Waals surface area (Å²) in [7, 11) is 0. The predicted molar refractivity (Wildman–Crippen MR) is 90.4 cm³/mol. The maximum absolute atomic E-state index is 11.9. The number of fused-ring (bicyclic) bond motifs is 1. The zero-order chi connectivity index (χ0) is 15.4. The predicted octanol–water partition coefficient (Wildman–Crippen LogP) is 4.00. The van der Waals surface area contributed by atoms with Gasteiger partial charge in [0.1, 0.15) is 0 Å². The molecule has 1 heterocycles. The van der Waals surface area contributed by atoms with E-state index in [1.165, 1.54) is 30.2 Å². The molecule has 1 aliphatic rings. The molecular formula is C17H22ClN3O. The molecule has 1 fully saturated rings. The van der Waals surface area contributed by atoms with Crippen LogP contribution in [-0.4, -0.2) is 23.6 Å². The molecule has 5 heteroatoms. The summed E-state index contributed by atoms with van der Waals surface area (Å²) in [4.78, 5) is 15.1. The van der Waals surface area contributed by atoms with Gasteiger partial charge in [0.2, 0.25) is 0 Å². The molecule has 0 aliphatic heterocycles. The van der Waals surface area contributed by atoms with Crippen molar-refractivity contribution in [1.29, 1.82) is 0 Å². The van der Waals surface area contributed by atoms with Crippen molar-refractivity contribution < 1.29 is 4.79 Å². The highest BCUT2D eigenvalue weighted by Gasteiger charge is 2.15. The number of nitrogens with one attached hydrogen (secondary N) is 3. The molecule has 2 amide bonds. The van der Waals surface area contributed by atoms with Crippen LogP contribution in [0, 0.1) is 0 Å². The van der Waals surface area contributed by atoms with Crippen molar-refractivity contribution in [1.82, 2.24) is 15.6 Å². The normalized spacial score (nSPS) is 15.9. The van der Waals surface area contributed by atoms with Gasteiger partial charge >= 0.3 is 6.03 Å². The Kier molecular flexibility index (Phi) is 4.88. The van der Waals surface area contributed by atoms with Gasteiger partial charge in [0, 0.05) is 34.7 Å². The zero-order valence-corrected chi connectivity index (χ0v) is 13.4. The first-order valence-corrected chi connectivity index (χ1v) is 8.40. The molecule has 118 valence electrons. The van der Waals surface area contributed by atoms with E-state index in [0.29, 0.717) is 12.6 Å². The van der Waals surface area contributed by atoms with Crippen LogP contribution in [0.3, 0.4) is 0 Å². The van der Waals surface area contributed by atoms with Gasteiger partial charge in [-0.3, -0.25) is 0 Å². The first-order chi connectivity index (χ1) is 10.7. The highest BCUT2D eigenvalue weighted by Crippen LogP contribution is 2.22. The molecule has 0 bridgehead atoms. The number of carbonyl (C=O) groups is 1. The van der Waals surface area contributed by atoms with Crippen LogP contribution in [0.2, 0.25) is 5.02 Å². The molecule has 3 rings (SSSR count). The first-order valence-electron chi connectivity index (χ1n) is 8.02. The second kappa shape index (κ2) is 7.05. The molecule has 0 spiro atoms. The van der Waals surface area contributed by atoms with Crippen molar-refractivity contribution in [3.8, 4) is 0 Å². The minimum absolute atomic E-state index is 0.0465. The number of hydrogen-bond donors (Lipinski definition) is 3. The van der Waals surface area contributed by atoms with Gasteiger partial charge in [0.15, 0.2) is 0 Å². The molecule has 4 nitrogen and oxygen atoms in total. The van der Waals surface area contributed by atoms with Crippen LogP contribution >= 0.6 is 11.6 Å². The van der Waals surface area contributed by atoms with Crippen LogP contribution in [0.15, 0.2) is 24.4 Å². The van der Waals surface area contributed by atoms with Gasteiger partial charge in [-0.25, -0.2) is 4.79 Å². The summed E-state index contributed by atoms with van der Waals surface area (Å²) in [6.45, 7) is 0.633. The summed E-state index contributed by atoms with van der Waals surface area (Å²) >= 11 is 5.98. The number of carbonyl (C=O) groups excluding carboxylic acids is 1. The molecule has 0 saturated heterocycles. The topological polar surface area (TPSA) is 56.9 Å². The molecule has 3 N–H and O–H groups in total. The van der Waals surface area contributed by atoms with Crippen LogP contribution in [0.1, 0.15) is 37.7 Å². The van der Waals surface area contributed by atoms with E-state index in [1.54, 1.807) is 0 Å². The third kappa shape index (κ3) is 3.74. The molecule has 22 heavy (non-hydrogen) atoms. The van der Waals surface area contributed by atoms with E-state index in [-0.39, 0.29) is 6.03 Å². The molecule has 0 unspecified atom stereocenters. The van der Waals surface area contributed by atoms with Crippen molar-refractivity contribution in [3.05, 3.63) is 35.0 Å². The van der Waals surface area contributed by atoms with Crippen LogP contribution in [-0.2, 0) is 6.42 Å². The van der Waals surface area contributed by atoms with Crippen LogP contribution in [0.5, 0.6) is 0 Å². The summed E-state index contributed by atoms with van der Waals surface area (Å²) in [5, 5.41) is 7.92.